The van der Waals surface area contributed by atoms with Gasteiger partial charge in [-0.2, -0.15) is 0 Å². The van der Waals surface area contributed by atoms with Crippen molar-refractivity contribution >= 4 is 17.6 Å². The summed E-state index contributed by atoms with van der Waals surface area (Å²) in [4.78, 5) is 2.19. The summed E-state index contributed by atoms with van der Waals surface area (Å²) in [6, 6.07) is 7.50. The molecule has 0 bridgehead atoms. The van der Waals surface area contributed by atoms with Gasteiger partial charge in [-0.3, -0.25) is 0 Å². The highest BCUT2D eigenvalue weighted by molar-refractivity contribution is 6.08. The Balaban J connectivity index is 1.91. The third kappa shape index (κ3) is 5.45. The first-order valence-electron chi connectivity index (χ1n) is 11.2. The molecular formula is C25H36N6O2. The molecule has 33 heavy (non-hydrogen) atoms. The Morgan fingerprint density at radius 1 is 1.21 bits per heavy atom. The maximum Gasteiger partial charge on any atom is 0.151 e. The van der Waals surface area contributed by atoms with Gasteiger partial charge in [0.15, 0.2) is 5.82 Å². The topological polar surface area (TPSA) is 106 Å². The molecule has 0 atom stereocenters. The van der Waals surface area contributed by atoms with Crippen LogP contribution in [-0.4, -0.2) is 59.8 Å². The molecule has 0 radical (unpaired) electrons. The lowest BCUT2D eigenvalue weighted by atomic mass is 9.79. The van der Waals surface area contributed by atoms with Gasteiger partial charge in [-0.05, 0) is 70.4 Å². The molecule has 2 heterocycles. The molecule has 0 spiro atoms. The molecule has 8 heteroatoms. The molecule has 0 saturated carbocycles. The molecule has 1 saturated heterocycles. The zero-order chi connectivity index (χ0) is 24.4. The van der Waals surface area contributed by atoms with Gasteiger partial charge in [-0.15, -0.1) is 10.2 Å². The number of ether oxygens (including phenoxy) is 1. The number of phenols is 1. The van der Waals surface area contributed by atoms with Crippen LogP contribution in [0.15, 0.2) is 30.5 Å². The van der Waals surface area contributed by atoms with Gasteiger partial charge in [0, 0.05) is 49.2 Å². The number of nitrogens with zero attached hydrogens (tertiary/aromatic N) is 3. The Morgan fingerprint density at radius 3 is 2.39 bits per heavy atom. The Morgan fingerprint density at radius 2 is 1.88 bits per heavy atom. The van der Waals surface area contributed by atoms with Crippen LogP contribution in [0.1, 0.15) is 46.1 Å². The van der Waals surface area contributed by atoms with E-state index in [1.807, 2.05) is 12.1 Å². The van der Waals surface area contributed by atoms with Crippen molar-refractivity contribution in [1.29, 1.82) is 5.41 Å². The zero-order valence-electron chi connectivity index (χ0n) is 20.7. The predicted molar refractivity (Wildman–Crippen MR) is 134 cm³/mol. The zero-order valence-corrected chi connectivity index (χ0v) is 20.7. The lowest BCUT2D eigenvalue weighted by molar-refractivity contribution is 0.160. The normalized spacial score (nSPS) is 18.0. The Hall–Kier alpha value is -3.13. The molecule has 2 aromatic rings. The SMILES string of the molecule is CN/C=C(\C=N)c1cc(O)c(-c2ccc(N(C)C3CC(C)(C)NC(C)(C)C3)nn2)c(OC)c1. The number of hydrogen-bond acceptors (Lipinski definition) is 8. The van der Waals surface area contributed by atoms with Gasteiger partial charge in [0.25, 0.3) is 0 Å². The molecule has 1 fully saturated rings. The van der Waals surface area contributed by atoms with E-state index in [-0.39, 0.29) is 16.8 Å². The standard InChI is InChI=1S/C25H36N6O2/c1-24(2)12-18(13-25(3,4)30-24)31(6)22-9-8-19(28-29-22)23-20(32)10-16(11-21(23)33-7)17(14-26)15-27-5/h8-11,14-15,18,26-27,30,32H,12-13H2,1-7H3/b17-15+,26-14?. The highest BCUT2D eigenvalue weighted by atomic mass is 16.5. The average Bonchev–Trinajstić information content (AvgIpc) is 2.74. The predicted octanol–water partition coefficient (Wildman–Crippen LogP) is 3.81. The number of benzene rings is 1. The number of rotatable bonds is 7. The quantitative estimate of drug-likeness (QED) is 0.473. The fraction of sp³-hybridized carbons (Fsp3) is 0.480. The second kappa shape index (κ2) is 9.39. The number of allylic oxidation sites excluding steroid dienone is 1. The van der Waals surface area contributed by atoms with Gasteiger partial charge < -0.3 is 30.8 Å². The number of aromatic nitrogens is 2. The van der Waals surface area contributed by atoms with Crippen LogP contribution in [0.3, 0.4) is 0 Å². The summed E-state index contributed by atoms with van der Waals surface area (Å²) in [7, 11) is 5.37. The van der Waals surface area contributed by atoms with Crippen molar-refractivity contribution in [3.63, 3.8) is 0 Å². The van der Waals surface area contributed by atoms with Crippen molar-refractivity contribution in [3.05, 3.63) is 36.0 Å². The third-order valence-corrected chi connectivity index (χ3v) is 6.07. The number of phenolic OH excluding ortho intramolecular Hbond substituents is 1. The summed E-state index contributed by atoms with van der Waals surface area (Å²) in [5.74, 6) is 1.27. The highest BCUT2D eigenvalue weighted by Gasteiger charge is 2.39. The monoisotopic (exact) mass is 452 g/mol. The lowest BCUT2D eigenvalue weighted by Gasteiger charge is -2.49. The largest absolute Gasteiger partial charge is 0.507 e. The Labute approximate surface area is 196 Å². The van der Waals surface area contributed by atoms with E-state index in [4.69, 9.17) is 10.1 Å². The molecule has 1 aromatic heterocycles. The van der Waals surface area contributed by atoms with Crippen molar-refractivity contribution in [2.45, 2.75) is 57.7 Å². The number of hydrogen-bond donors (Lipinski definition) is 4. The first-order chi connectivity index (χ1) is 15.5. The Kier molecular flexibility index (Phi) is 6.97. The van der Waals surface area contributed by atoms with Gasteiger partial charge in [0.05, 0.1) is 12.7 Å². The minimum Gasteiger partial charge on any atom is -0.507 e. The minimum absolute atomic E-state index is 0.0189. The van der Waals surface area contributed by atoms with Gasteiger partial charge in [-0.1, -0.05) is 0 Å². The van der Waals surface area contributed by atoms with E-state index in [0.29, 0.717) is 34.2 Å². The molecule has 4 N–H and O–H groups in total. The minimum atomic E-state index is 0.0189. The molecule has 0 amide bonds. The second-order valence-electron chi connectivity index (χ2n) is 9.95. The van der Waals surface area contributed by atoms with Crippen LogP contribution < -0.4 is 20.3 Å². The maximum absolute atomic E-state index is 10.8. The number of methoxy groups -OCH3 is 1. The first-order valence-corrected chi connectivity index (χ1v) is 11.2. The van der Waals surface area contributed by atoms with E-state index in [9.17, 15) is 5.11 Å². The molecule has 0 unspecified atom stereocenters. The Bertz CT molecular complexity index is 1010. The van der Waals surface area contributed by atoms with Crippen molar-refractivity contribution in [1.82, 2.24) is 20.8 Å². The average molecular weight is 453 g/mol. The van der Waals surface area contributed by atoms with Gasteiger partial charge in [-0.25, -0.2) is 0 Å². The number of aromatic hydroxyl groups is 1. The number of anilines is 1. The smallest absolute Gasteiger partial charge is 0.151 e. The van der Waals surface area contributed by atoms with E-state index in [1.54, 1.807) is 32.5 Å². The van der Waals surface area contributed by atoms with Crippen LogP contribution in [0.25, 0.3) is 16.8 Å². The summed E-state index contributed by atoms with van der Waals surface area (Å²) in [5, 5.41) is 33.9. The van der Waals surface area contributed by atoms with E-state index < -0.39 is 0 Å². The summed E-state index contributed by atoms with van der Waals surface area (Å²) >= 11 is 0. The molecule has 0 aliphatic carbocycles. The van der Waals surface area contributed by atoms with Crippen LogP contribution in [-0.2, 0) is 0 Å². The van der Waals surface area contributed by atoms with E-state index >= 15 is 0 Å². The molecule has 1 aliphatic rings. The molecule has 3 rings (SSSR count). The van der Waals surface area contributed by atoms with Gasteiger partial charge in [0.1, 0.15) is 17.2 Å². The van der Waals surface area contributed by atoms with Crippen LogP contribution >= 0.6 is 0 Å². The summed E-state index contributed by atoms with van der Waals surface area (Å²) in [6.07, 6.45) is 4.91. The molecule has 1 aromatic carbocycles. The fourth-order valence-corrected chi connectivity index (χ4v) is 4.93. The van der Waals surface area contributed by atoms with Crippen LogP contribution in [0, 0.1) is 5.41 Å². The van der Waals surface area contributed by atoms with E-state index in [0.717, 1.165) is 18.7 Å². The van der Waals surface area contributed by atoms with Crippen LogP contribution in [0.2, 0.25) is 0 Å². The van der Waals surface area contributed by atoms with Crippen molar-refractivity contribution < 1.29 is 9.84 Å². The van der Waals surface area contributed by atoms with Crippen LogP contribution in [0.5, 0.6) is 11.5 Å². The van der Waals surface area contributed by atoms with Crippen LogP contribution in [0.4, 0.5) is 5.82 Å². The molecule has 8 nitrogen and oxygen atoms in total. The van der Waals surface area contributed by atoms with E-state index in [1.165, 1.54) is 6.21 Å². The number of nitrogens with one attached hydrogen (secondary N) is 3. The second-order valence-corrected chi connectivity index (χ2v) is 9.95. The summed E-state index contributed by atoms with van der Waals surface area (Å²) in [5.41, 5.74) is 2.35. The molecular weight excluding hydrogens is 416 g/mol. The van der Waals surface area contributed by atoms with Crippen molar-refractivity contribution in [2.75, 3.05) is 26.1 Å². The third-order valence-electron chi connectivity index (χ3n) is 6.07. The maximum atomic E-state index is 10.8. The number of piperidine rings is 1. The fourth-order valence-electron chi connectivity index (χ4n) is 4.93. The highest BCUT2D eigenvalue weighted by Crippen LogP contribution is 2.40. The van der Waals surface area contributed by atoms with Crippen molar-refractivity contribution in [2.24, 2.45) is 0 Å². The van der Waals surface area contributed by atoms with Crippen molar-refractivity contribution in [3.8, 4) is 22.8 Å². The van der Waals surface area contributed by atoms with Gasteiger partial charge >= 0.3 is 0 Å². The van der Waals surface area contributed by atoms with E-state index in [2.05, 4.69) is 60.5 Å². The lowest BCUT2D eigenvalue weighted by Crippen LogP contribution is -2.62. The molecule has 178 valence electrons. The first kappa shape index (κ1) is 24.5. The summed E-state index contributed by atoms with van der Waals surface area (Å²) < 4.78 is 5.54. The molecule has 1 aliphatic heterocycles. The van der Waals surface area contributed by atoms with Gasteiger partial charge in [0.2, 0.25) is 0 Å². The summed E-state index contributed by atoms with van der Waals surface area (Å²) in [6.45, 7) is 8.94.